The molecular formula is C12H16F2N2O. The second kappa shape index (κ2) is 6.30. The molecule has 0 saturated heterocycles. The summed E-state index contributed by atoms with van der Waals surface area (Å²) in [5.74, 6) is -1.39. The lowest BCUT2D eigenvalue weighted by Gasteiger charge is -2.08. The van der Waals surface area contributed by atoms with E-state index in [2.05, 4.69) is 5.32 Å². The predicted octanol–water partition coefficient (Wildman–Crippen LogP) is 1.36. The zero-order valence-corrected chi connectivity index (χ0v) is 9.67. The van der Waals surface area contributed by atoms with Crippen molar-refractivity contribution >= 4 is 5.91 Å². The molecule has 17 heavy (non-hydrogen) atoms. The summed E-state index contributed by atoms with van der Waals surface area (Å²) in [6, 6.07) is 3.48. The van der Waals surface area contributed by atoms with Crippen molar-refractivity contribution in [3.05, 3.63) is 35.4 Å². The fourth-order valence-electron chi connectivity index (χ4n) is 1.46. The van der Waals surface area contributed by atoms with Crippen molar-refractivity contribution in [2.75, 3.05) is 6.54 Å². The highest BCUT2D eigenvalue weighted by atomic mass is 19.1. The molecule has 1 unspecified atom stereocenters. The second-order valence-corrected chi connectivity index (χ2v) is 3.98. The summed E-state index contributed by atoms with van der Waals surface area (Å²) in [5.41, 5.74) is 5.44. The van der Waals surface area contributed by atoms with Crippen molar-refractivity contribution in [2.24, 2.45) is 5.73 Å². The Morgan fingerprint density at radius 2 is 2.00 bits per heavy atom. The molecule has 3 N–H and O–H groups in total. The molecule has 5 heteroatoms. The smallest absolute Gasteiger partial charge is 0.221 e. The van der Waals surface area contributed by atoms with Gasteiger partial charge in [0.15, 0.2) is 0 Å². The Morgan fingerprint density at radius 1 is 1.41 bits per heavy atom. The van der Waals surface area contributed by atoms with Gasteiger partial charge in [0.05, 0.1) is 0 Å². The van der Waals surface area contributed by atoms with Crippen molar-refractivity contribution in [3.63, 3.8) is 0 Å². The van der Waals surface area contributed by atoms with Crippen molar-refractivity contribution < 1.29 is 13.6 Å². The third kappa shape index (κ3) is 4.48. The average Bonchev–Trinajstić information content (AvgIpc) is 2.21. The number of rotatable bonds is 5. The molecule has 94 valence electrons. The maximum Gasteiger partial charge on any atom is 0.221 e. The van der Waals surface area contributed by atoms with Gasteiger partial charge < -0.3 is 11.1 Å². The fourth-order valence-corrected chi connectivity index (χ4v) is 1.46. The minimum Gasteiger partial charge on any atom is -0.356 e. The molecule has 1 amide bonds. The molecule has 0 spiro atoms. The van der Waals surface area contributed by atoms with Crippen molar-refractivity contribution in [1.82, 2.24) is 5.32 Å². The molecule has 1 aromatic carbocycles. The highest BCUT2D eigenvalue weighted by Crippen LogP contribution is 2.11. The lowest BCUT2D eigenvalue weighted by Crippen LogP contribution is -2.31. The van der Waals surface area contributed by atoms with E-state index in [1.807, 2.05) is 0 Å². The minimum absolute atomic E-state index is 0.00593. The second-order valence-electron chi connectivity index (χ2n) is 3.98. The minimum atomic E-state index is -0.591. The topological polar surface area (TPSA) is 55.1 Å². The van der Waals surface area contributed by atoms with Crippen LogP contribution in [-0.4, -0.2) is 18.5 Å². The molecule has 0 fully saturated rings. The third-order valence-electron chi connectivity index (χ3n) is 2.27. The van der Waals surface area contributed by atoms with Gasteiger partial charge >= 0.3 is 0 Å². The molecule has 1 rings (SSSR count). The molecule has 1 aromatic rings. The molecule has 0 aliphatic heterocycles. The molecule has 0 heterocycles. The Balaban J connectivity index is 2.43. The largest absolute Gasteiger partial charge is 0.356 e. The Morgan fingerprint density at radius 3 is 2.53 bits per heavy atom. The Bertz CT molecular complexity index is 374. The number of benzene rings is 1. The maximum atomic E-state index is 13.2. The predicted molar refractivity (Wildman–Crippen MR) is 61.3 cm³/mol. The normalized spacial score (nSPS) is 12.2. The number of hydrogen-bond acceptors (Lipinski definition) is 2. The maximum absolute atomic E-state index is 13.2. The van der Waals surface area contributed by atoms with E-state index in [9.17, 15) is 13.6 Å². The number of nitrogens with two attached hydrogens (primary N) is 1. The van der Waals surface area contributed by atoms with Gasteiger partial charge in [-0.1, -0.05) is 6.07 Å². The molecular weight excluding hydrogens is 226 g/mol. The number of amides is 1. The van der Waals surface area contributed by atoms with Crippen LogP contribution in [0, 0.1) is 11.6 Å². The van der Waals surface area contributed by atoms with E-state index in [1.54, 1.807) is 6.92 Å². The summed E-state index contributed by atoms with van der Waals surface area (Å²) >= 11 is 0. The van der Waals surface area contributed by atoms with Crippen molar-refractivity contribution in [2.45, 2.75) is 25.8 Å². The SMILES string of the molecule is CC(N)CC(=O)NCCc1c(F)cccc1F. The van der Waals surface area contributed by atoms with Gasteiger partial charge in [-0.25, -0.2) is 8.78 Å². The molecule has 0 aliphatic rings. The van der Waals surface area contributed by atoms with Gasteiger partial charge in [0.2, 0.25) is 5.91 Å². The summed E-state index contributed by atoms with van der Waals surface area (Å²) in [6.07, 6.45) is 0.336. The summed E-state index contributed by atoms with van der Waals surface area (Å²) in [5, 5.41) is 2.56. The van der Waals surface area contributed by atoms with Crippen LogP contribution in [0.3, 0.4) is 0 Å². The number of carbonyl (C=O) groups is 1. The van der Waals surface area contributed by atoms with Gasteiger partial charge in [-0.3, -0.25) is 4.79 Å². The molecule has 0 aliphatic carbocycles. The standard InChI is InChI=1S/C12H16F2N2O/c1-8(15)7-12(17)16-6-5-9-10(13)3-2-4-11(9)14/h2-4,8H,5-7,15H2,1H3,(H,16,17). The molecule has 1 atom stereocenters. The van der Waals surface area contributed by atoms with Gasteiger partial charge in [0.1, 0.15) is 11.6 Å². The highest BCUT2D eigenvalue weighted by Gasteiger charge is 2.09. The Labute approximate surface area is 99.0 Å². The summed E-state index contributed by atoms with van der Waals surface area (Å²) < 4.78 is 26.4. The van der Waals surface area contributed by atoms with Crippen LogP contribution in [0.2, 0.25) is 0 Å². The zero-order chi connectivity index (χ0) is 12.8. The van der Waals surface area contributed by atoms with Gasteiger partial charge in [-0.15, -0.1) is 0 Å². The van der Waals surface area contributed by atoms with Gasteiger partial charge in [0.25, 0.3) is 0 Å². The van der Waals surface area contributed by atoms with Crippen LogP contribution in [0.1, 0.15) is 18.9 Å². The number of hydrogen-bond donors (Lipinski definition) is 2. The molecule has 0 radical (unpaired) electrons. The third-order valence-corrected chi connectivity index (χ3v) is 2.27. The van der Waals surface area contributed by atoms with E-state index in [0.29, 0.717) is 0 Å². The van der Waals surface area contributed by atoms with Crippen LogP contribution in [-0.2, 0) is 11.2 Å². The first-order valence-corrected chi connectivity index (χ1v) is 5.46. The first-order chi connectivity index (χ1) is 8.00. The first kappa shape index (κ1) is 13.6. The van der Waals surface area contributed by atoms with Crippen LogP contribution in [0.25, 0.3) is 0 Å². The number of carbonyl (C=O) groups excluding carboxylic acids is 1. The van der Waals surface area contributed by atoms with Crippen LogP contribution in [0.4, 0.5) is 8.78 Å². The van der Waals surface area contributed by atoms with Gasteiger partial charge in [-0.2, -0.15) is 0 Å². The molecule has 0 aromatic heterocycles. The highest BCUT2D eigenvalue weighted by molar-refractivity contribution is 5.76. The lowest BCUT2D eigenvalue weighted by molar-refractivity contribution is -0.121. The van der Waals surface area contributed by atoms with Crippen molar-refractivity contribution in [1.29, 1.82) is 0 Å². The fraction of sp³-hybridized carbons (Fsp3) is 0.417. The molecule has 0 bridgehead atoms. The average molecular weight is 242 g/mol. The van der Waals surface area contributed by atoms with E-state index in [1.165, 1.54) is 18.2 Å². The monoisotopic (exact) mass is 242 g/mol. The summed E-state index contributed by atoms with van der Waals surface area (Å²) in [7, 11) is 0. The molecule has 3 nitrogen and oxygen atoms in total. The van der Waals surface area contributed by atoms with Crippen LogP contribution in [0.15, 0.2) is 18.2 Å². The van der Waals surface area contributed by atoms with Gasteiger partial charge in [0, 0.05) is 24.6 Å². The number of halogens is 2. The lowest BCUT2D eigenvalue weighted by atomic mass is 10.1. The zero-order valence-electron chi connectivity index (χ0n) is 9.67. The van der Waals surface area contributed by atoms with E-state index >= 15 is 0 Å². The van der Waals surface area contributed by atoms with Gasteiger partial charge in [-0.05, 0) is 25.5 Å². The van der Waals surface area contributed by atoms with E-state index < -0.39 is 11.6 Å². The molecule has 0 saturated carbocycles. The van der Waals surface area contributed by atoms with Crippen LogP contribution < -0.4 is 11.1 Å². The summed E-state index contributed by atoms with van der Waals surface area (Å²) in [4.78, 5) is 11.2. The number of nitrogens with one attached hydrogen (secondary N) is 1. The summed E-state index contributed by atoms with van der Waals surface area (Å²) in [6.45, 7) is 1.92. The van der Waals surface area contributed by atoms with E-state index in [0.717, 1.165) is 0 Å². The first-order valence-electron chi connectivity index (χ1n) is 5.46. The van der Waals surface area contributed by atoms with Crippen LogP contribution >= 0.6 is 0 Å². The van der Waals surface area contributed by atoms with Crippen molar-refractivity contribution in [3.8, 4) is 0 Å². The van der Waals surface area contributed by atoms with Crippen LogP contribution in [0.5, 0.6) is 0 Å². The van der Waals surface area contributed by atoms with E-state index in [4.69, 9.17) is 5.73 Å². The van der Waals surface area contributed by atoms with E-state index in [-0.39, 0.29) is 36.9 Å². The quantitative estimate of drug-likeness (QED) is 0.819. The Hall–Kier alpha value is -1.49. The Kier molecular flexibility index (Phi) is 5.03.